The first-order valence-electron chi connectivity index (χ1n) is 6.32. The normalized spacial score (nSPS) is 17.4. The highest BCUT2D eigenvalue weighted by Gasteiger charge is 2.20. The number of rotatable bonds is 4. The topological polar surface area (TPSA) is 23.6 Å². The minimum atomic E-state index is 0.281. The SMILES string of the molecule is CCCN1CCN(C(=O)Cc2cccs2)CC1. The lowest BCUT2D eigenvalue weighted by Gasteiger charge is -2.34. The summed E-state index contributed by atoms with van der Waals surface area (Å²) in [6.07, 6.45) is 1.77. The fraction of sp³-hybridized carbons (Fsp3) is 0.615. The molecule has 0 N–H and O–H groups in total. The highest BCUT2D eigenvalue weighted by Crippen LogP contribution is 2.12. The summed E-state index contributed by atoms with van der Waals surface area (Å²) >= 11 is 1.67. The van der Waals surface area contributed by atoms with Gasteiger partial charge in [0.05, 0.1) is 6.42 Å². The standard InChI is InChI=1S/C13H20N2OS/c1-2-5-14-6-8-15(9-7-14)13(16)11-12-4-3-10-17-12/h3-4,10H,2,5-9,11H2,1H3. The van der Waals surface area contributed by atoms with Crippen molar-refractivity contribution in [1.82, 2.24) is 9.80 Å². The van der Waals surface area contributed by atoms with Gasteiger partial charge < -0.3 is 4.90 Å². The molecule has 4 heteroatoms. The van der Waals surface area contributed by atoms with E-state index in [1.165, 1.54) is 11.3 Å². The second-order valence-corrected chi connectivity index (χ2v) is 5.51. The van der Waals surface area contributed by atoms with E-state index >= 15 is 0 Å². The third kappa shape index (κ3) is 3.54. The van der Waals surface area contributed by atoms with Crippen LogP contribution in [0.25, 0.3) is 0 Å². The molecule has 0 saturated carbocycles. The van der Waals surface area contributed by atoms with Crippen molar-refractivity contribution in [2.45, 2.75) is 19.8 Å². The Hall–Kier alpha value is -0.870. The number of carbonyl (C=O) groups is 1. The van der Waals surface area contributed by atoms with Crippen molar-refractivity contribution in [3.8, 4) is 0 Å². The van der Waals surface area contributed by atoms with Gasteiger partial charge in [0.2, 0.25) is 5.91 Å². The predicted molar refractivity (Wildman–Crippen MR) is 71.3 cm³/mol. The summed E-state index contributed by atoms with van der Waals surface area (Å²) in [4.78, 5) is 17.7. The first-order valence-corrected chi connectivity index (χ1v) is 7.20. The smallest absolute Gasteiger partial charge is 0.227 e. The van der Waals surface area contributed by atoms with Crippen LogP contribution in [0, 0.1) is 0 Å². The van der Waals surface area contributed by atoms with Crippen LogP contribution < -0.4 is 0 Å². The zero-order chi connectivity index (χ0) is 12.1. The number of thiophene rings is 1. The molecule has 0 spiro atoms. The minimum Gasteiger partial charge on any atom is -0.340 e. The molecule has 0 bridgehead atoms. The van der Waals surface area contributed by atoms with Crippen LogP contribution >= 0.6 is 11.3 Å². The molecule has 1 aliphatic rings. The minimum absolute atomic E-state index is 0.281. The van der Waals surface area contributed by atoms with E-state index in [1.54, 1.807) is 11.3 Å². The van der Waals surface area contributed by atoms with Crippen LogP contribution in [0.2, 0.25) is 0 Å². The number of amides is 1. The Balaban J connectivity index is 1.78. The van der Waals surface area contributed by atoms with Gasteiger partial charge in [-0.05, 0) is 24.4 Å². The Morgan fingerprint density at radius 3 is 2.71 bits per heavy atom. The molecule has 17 heavy (non-hydrogen) atoms. The molecule has 1 saturated heterocycles. The highest BCUT2D eigenvalue weighted by molar-refractivity contribution is 7.10. The van der Waals surface area contributed by atoms with Crippen LogP contribution in [0.4, 0.5) is 0 Å². The van der Waals surface area contributed by atoms with Gasteiger partial charge in [-0.1, -0.05) is 13.0 Å². The number of hydrogen-bond acceptors (Lipinski definition) is 3. The van der Waals surface area contributed by atoms with E-state index < -0.39 is 0 Å². The Labute approximate surface area is 107 Å². The summed E-state index contributed by atoms with van der Waals surface area (Å²) in [6.45, 7) is 7.21. The van der Waals surface area contributed by atoms with E-state index in [-0.39, 0.29) is 5.91 Å². The third-order valence-electron chi connectivity index (χ3n) is 3.17. The maximum atomic E-state index is 12.0. The molecular weight excluding hydrogens is 232 g/mol. The molecular formula is C13H20N2OS. The molecule has 94 valence electrons. The summed E-state index contributed by atoms with van der Waals surface area (Å²) in [5.74, 6) is 0.281. The Bertz CT molecular complexity index is 342. The second kappa shape index (κ2) is 6.17. The molecule has 0 atom stereocenters. The first-order chi connectivity index (χ1) is 8.29. The number of hydrogen-bond donors (Lipinski definition) is 0. The van der Waals surface area contributed by atoms with Crippen LogP contribution in [-0.4, -0.2) is 48.4 Å². The molecule has 0 unspecified atom stereocenters. The van der Waals surface area contributed by atoms with E-state index in [0.717, 1.165) is 32.7 Å². The largest absolute Gasteiger partial charge is 0.340 e. The molecule has 1 aromatic heterocycles. The molecule has 3 nitrogen and oxygen atoms in total. The van der Waals surface area contributed by atoms with E-state index in [4.69, 9.17) is 0 Å². The molecule has 2 heterocycles. The lowest BCUT2D eigenvalue weighted by atomic mass is 10.2. The lowest BCUT2D eigenvalue weighted by molar-refractivity contribution is -0.132. The van der Waals surface area contributed by atoms with Gasteiger partial charge >= 0.3 is 0 Å². The molecule has 0 aliphatic carbocycles. The van der Waals surface area contributed by atoms with Crippen LogP contribution in [-0.2, 0) is 11.2 Å². The summed E-state index contributed by atoms with van der Waals surface area (Å²) in [6, 6.07) is 4.04. The Morgan fingerprint density at radius 2 is 2.12 bits per heavy atom. The third-order valence-corrected chi connectivity index (χ3v) is 4.05. The van der Waals surface area contributed by atoms with Gasteiger partial charge in [0, 0.05) is 31.1 Å². The van der Waals surface area contributed by atoms with Crippen LogP contribution in [0.1, 0.15) is 18.2 Å². The average Bonchev–Trinajstić information content (AvgIpc) is 2.83. The highest BCUT2D eigenvalue weighted by atomic mass is 32.1. The van der Waals surface area contributed by atoms with Gasteiger partial charge in [-0.15, -0.1) is 11.3 Å². The number of piperazine rings is 1. The van der Waals surface area contributed by atoms with Crippen molar-refractivity contribution < 1.29 is 4.79 Å². The summed E-state index contributed by atoms with van der Waals surface area (Å²) in [7, 11) is 0. The van der Waals surface area contributed by atoms with Gasteiger partial charge in [0.25, 0.3) is 0 Å². The molecule has 1 aliphatic heterocycles. The molecule has 0 radical (unpaired) electrons. The fourth-order valence-electron chi connectivity index (χ4n) is 2.21. The van der Waals surface area contributed by atoms with Crippen molar-refractivity contribution in [2.75, 3.05) is 32.7 Å². The van der Waals surface area contributed by atoms with Gasteiger partial charge in [-0.2, -0.15) is 0 Å². The summed E-state index contributed by atoms with van der Waals surface area (Å²) in [5.41, 5.74) is 0. The zero-order valence-corrected chi connectivity index (χ0v) is 11.2. The Morgan fingerprint density at radius 1 is 1.35 bits per heavy atom. The van der Waals surface area contributed by atoms with Crippen LogP contribution in [0.15, 0.2) is 17.5 Å². The molecule has 1 aromatic rings. The maximum absolute atomic E-state index is 12.0. The van der Waals surface area contributed by atoms with Crippen molar-refractivity contribution in [3.05, 3.63) is 22.4 Å². The van der Waals surface area contributed by atoms with Crippen molar-refractivity contribution in [2.24, 2.45) is 0 Å². The average molecular weight is 252 g/mol. The van der Waals surface area contributed by atoms with Crippen molar-refractivity contribution in [3.63, 3.8) is 0 Å². The monoisotopic (exact) mass is 252 g/mol. The molecule has 1 amide bonds. The second-order valence-electron chi connectivity index (χ2n) is 4.48. The van der Waals surface area contributed by atoms with Crippen LogP contribution in [0.5, 0.6) is 0 Å². The van der Waals surface area contributed by atoms with E-state index in [0.29, 0.717) is 6.42 Å². The van der Waals surface area contributed by atoms with Gasteiger partial charge in [0.1, 0.15) is 0 Å². The fourth-order valence-corrected chi connectivity index (χ4v) is 2.91. The summed E-state index contributed by atoms with van der Waals surface area (Å²) < 4.78 is 0. The number of carbonyl (C=O) groups excluding carboxylic acids is 1. The summed E-state index contributed by atoms with van der Waals surface area (Å²) in [5, 5.41) is 2.03. The molecule has 1 fully saturated rings. The first kappa shape index (κ1) is 12.6. The maximum Gasteiger partial charge on any atom is 0.227 e. The van der Waals surface area contributed by atoms with Crippen molar-refractivity contribution >= 4 is 17.2 Å². The van der Waals surface area contributed by atoms with E-state index in [2.05, 4.69) is 11.8 Å². The zero-order valence-electron chi connectivity index (χ0n) is 10.4. The van der Waals surface area contributed by atoms with Crippen LogP contribution in [0.3, 0.4) is 0 Å². The van der Waals surface area contributed by atoms with Gasteiger partial charge in [0.15, 0.2) is 0 Å². The predicted octanol–water partition coefficient (Wildman–Crippen LogP) is 1.84. The number of nitrogens with zero attached hydrogens (tertiary/aromatic N) is 2. The van der Waals surface area contributed by atoms with E-state index in [9.17, 15) is 4.79 Å². The molecule has 0 aromatic carbocycles. The van der Waals surface area contributed by atoms with Gasteiger partial charge in [-0.25, -0.2) is 0 Å². The van der Waals surface area contributed by atoms with Crippen molar-refractivity contribution in [1.29, 1.82) is 0 Å². The Kier molecular flexibility index (Phi) is 4.57. The van der Waals surface area contributed by atoms with Gasteiger partial charge in [-0.3, -0.25) is 9.69 Å². The quantitative estimate of drug-likeness (QED) is 0.816. The van der Waals surface area contributed by atoms with E-state index in [1.807, 2.05) is 22.4 Å². The lowest BCUT2D eigenvalue weighted by Crippen LogP contribution is -2.49. The molecule has 2 rings (SSSR count).